The Hall–Kier alpha value is -0.560. The van der Waals surface area contributed by atoms with Crippen LogP contribution in [0.5, 0.6) is 0 Å². The van der Waals surface area contributed by atoms with E-state index in [4.69, 9.17) is 0 Å². The van der Waals surface area contributed by atoms with Crippen LogP contribution in [-0.4, -0.2) is 11.2 Å². The summed E-state index contributed by atoms with van der Waals surface area (Å²) in [6.07, 6.45) is 17.5. The van der Waals surface area contributed by atoms with Gasteiger partial charge < -0.3 is 5.11 Å². The van der Waals surface area contributed by atoms with Gasteiger partial charge in [0.25, 0.3) is 0 Å². The van der Waals surface area contributed by atoms with Crippen molar-refractivity contribution in [1.82, 2.24) is 0 Å². The summed E-state index contributed by atoms with van der Waals surface area (Å²) >= 11 is 0. The lowest BCUT2D eigenvalue weighted by Crippen LogP contribution is -2.36. The highest BCUT2D eigenvalue weighted by Crippen LogP contribution is 2.60. The Kier molecular flexibility index (Phi) is 7.74. The minimum atomic E-state index is -0.114. The van der Waals surface area contributed by atoms with Crippen LogP contribution >= 0.6 is 0 Å². The third-order valence-corrected chi connectivity index (χ3v) is 9.49. The first-order valence-electron chi connectivity index (χ1n) is 12.8. The molecule has 0 heterocycles. The monoisotopic (exact) mass is 400 g/mol. The fraction of sp³-hybridized carbons (Fsp3) is 0.857. The van der Waals surface area contributed by atoms with Crippen LogP contribution in [0.25, 0.3) is 0 Å². The van der Waals surface area contributed by atoms with Crippen LogP contribution in [0.15, 0.2) is 23.3 Å². The summed E-state index contributed by atoms with van der Waals surface area (Å²) in [5.74, 6) is 4.86. The van der Waals surface area contributed by atoms with Crippen LogP contribution in [0.4, 0.5) is 0 Å². The van der Waals surface area contributed by atoms with Gasteiger partial charge in [-0.2, -0.15) is 0 Å². The third kappa shape index (κ3) is 5.20. The van der Waals surface area contributed by atoms with Crippen LogP contribution in [0.3, 0.4) is 0 Å². The van der Waals surface area contributed by atoms with Gasteiger partial charge in [-0.05, 0) is 92.3 Å². The van der Waals surface area contributed by atoms with Crippen molar-refractivity contribution in [2.24, 2.45) is 40.9 Å². The van der Waals surface area contributed by atoms with E-state index in [0.29, 0.717) is 11.3 Å². The quantitative estimate of drug-likeness (QED) is 0.479. The Balaban J connectivity index is 1.69. The van der Waals surface area contributed by atoms with E-state index in [-0.39, 0.29) is 6.10 Å². The van der Waals surface area contributed by atoms with E-state index in [9.17, 15) is 5.11 Å². The number of aliphatic hydroxyl groups is 1. The predicted molar refractivity (Wildman–Crippen MR) is 126 cm³/mol. The van der Waals surface area contributed by atoms with Crippen molar-refractivity contribution < 1.29 is 5.11 Å². The number of fused-ring (bicyclic) bond motifs is 1. The van der Waals surface area contributed by atoms with E-state index in [1.165, 1.54) is 50.5 Å². The molecule has 1 N–H and O–H groups in total. The molecule has 29 heavy (non-hydrogen) atoms. The van der Waals surface area contributed by atoms with Crippen LogP contribution < -0.4 is 0 Å². The summed E-state index contributed by atoms with van der Waals surface area (Å²) in [6.45, 7) is 14.7. The summed E-state index contributed by atoms with van der Waals surface area (Å²) in [5, 5.41) is 10.1. The maximum Gasteiger partial charge on any atom is 0.0577 e. The molecule has 0 aliphatic heterocycles. The minimum absolute atomic E-state index is 0.114. The standard InChI is InChI=1S/C28H48O/c1-19(2)20(3)9-10-22(5)26-15-16-27-23(8-7-17-28(26,27)6)12-13-24-18-25(29)14-11-21(24)4/h12-13,19-22,25-27,29H,7-11,14-18H2,1-6H3/b23-12?,24-13+/t20-,21-,22+,25-,26+,27-,28+/m0/s1. The van der Waals surface area contributed by atoms with Crippen molar-refractivity contribution in [2.45, 2.75) is 112 Å². The van der Waals surface area contributed by atoms with Crippen LogP contribution in [0.1, 0.15) is 106 Å². The molecule has 0 radical (unpaired) electrons. The maximum absolute atomic E-state index is 10.1. The Morgan fingerprint density at radius 1 is 1.00 bits per heavy atom. The number of hydrogen-bond acceptors (Lipinski definition) is 1. The molecule has 0 amide bonds. The molecule has 3 rings (SSSR count). The number of allylic oxidation sites excluding steroid dienone is 3. The lowest BCUT2D eigenvalue weighted by Gasteiger charge is -2.44. The lowest BCUT2D eigenvalue weighted by atomic mass is 9.60. The molecule has 3 aliphatic carbocycles. The van der Waals surface area contributed by atoms with Crippen molar-refractivity contribution in [1.29, 1.82) is 0 Å². The van der Waals surface area contributed by atoms with Crippen molar-refractivity contribution >= 4 is 0 Å². The molecule has 0 bridgehead atoms. The van der Waals surface area contributed by atoms with Gasteiger partial charge in [0.15, 0.2) is 0 Å². The van der Waals surface area contributed by atoms with Crippen LogP contribution in [0.2, 0.25) is 0 Å². The predicted octanol–water partition coefficient (Wildman–Crippen LogP) is 7.94. The normalized spacial score (nSPS) is 40.4. The number of rotatable bonds is 6. The smallest absolute Gasteiger partial charge is 0.0577 e. The summed E-state index contributed by atoms with van der Waals surface area (Å²) in [5.41, 5.74) is 3.72. The van der Waals surface area contributed by atoms with Gasteiger partial charge >= 0.3 is 0 Å². The Morgan fingerprint density at radius 2 is 1.72 bits per heavy atom. The van der Waals surface area contributed by atoms with Gasteiger partial charge in [-0.15, -0.1) is 0 Å². The second kappa shape index (κ2) is 9.71. The highest BCUT2D eigenvalue weighted by Gasteiger charge is 2.50. The molecule has 0 aromatic rings. The SMILES string of the molecule is CC(C)[C@@H](C)CC[C@@H](C)[C@H]1CC[C@H]2C(=C/C=C3\C[C@@H](O)CC[C@@H]3C)CCC[C@]12C. The Labute approximate surface area is 181 Å². The first kappa shape index (κ1) is 23.1. The molecular weight excluding hydrogens is 352 g/mol. The molecule has 7 atom stereocenters. The highest BCUT2D eigenvalue weighted by atomic mass is 16.3. The van der Waals surface area contributed by atoms with Crippen molar-refractivity contribution in [3.63, 3.8) is 0 Å². The maximum atomic E-state index is 10.1. The molecular formula is C28H48O. The molecule has 3 aliphatic rings. The minimum Gasteiger partial charge on any atom is -0.393 e. The van der Waals surface area contributed by atoms with Gasteiger partial charge in [0.05, 0.1) is 6.10 Å². The molecule has 1 heteroatoms. The van der Waals surface area contributed by atoms with Gasteiger partial charge in [-0.25, -0.2) is 0 Å². The van der Waals surface area contributed by atoms with E-state index >= 15 is 0 Å². The highest BCUT2D eigenvalue weighted by molar-refractivity contribution is 5.26. The summed E-state index contributed by atoms with van der Waals surface area (Å²) in [4.78, 5) is 0. The molecule has 0 saturated heterocycles. The number of hydrogen-bond donors (Lipinski definition) is 1. The van der Waals surface area contributed by atoms with E-state index in [2.05, 4.69) is 53.7 Å². The van der Waals surface area contributed by atoms with Gasteiger partial charge in [0.1, 0.15) is 0 Å². The zero-order chi connectivity index (χ0) is 21.2. The first-order valence-corrected chi connectivity index (χ1v) is 12.8. The molecule has 0 aromatic heterocycles. The van der Waals surface area contributed by atoms with E-state index in [0.717, 1.165) is 48.9 Å². The van der Waals surface area contributed by atoms with Crippen molar-refractivity contribution in [2.75, 3.05) is 0 Å². The lowest BCUT2D eigenvalue weighted by molar-refractivity contribution is 0.0907. The molecule has 0 aromatic carbocycles. The van der Waals surface area contributed by atoms with Crippen molar-refractivity contribution in [3.05, 3.63) is 23.3 Å². The Morgan fingerprint density at radius 3 is 2.45 bits per heavy atom. The van der Waals surface area contributed by atoms with Gasteiger partial charge in [-0.3, -0.25) is 0 Å². The zero-order valence-corrected chi connectivity index (χ0v) is 20.2. The van der Waals surface area contributed by atoms with E-state index in [1.807, 2.05) is 0 Å². The second-order valence-corrected chi connectivity index (χ2v) is 11.7. The molecule has 0 unspecified atom stereocenters. The summed E-state index contributed by atoms with van der Waals surface area (Å²) in [6, 6.07) is 0. The zero-order valence-electron chi connectivity index (χ0n) is 20.2. The van der Waals surface area contributed by atoms with E-state index < -0.39 is 0 Å². The van der Waals surface area contributed by atoms with Crippen molar-refractivity contribution in [3.8, 4) is 0 Å². The second-order valence-electron chi connectivity index (χ2n) is 11.7. The number of aliphatic hydroxyl groups excluding tert-OH is 1. The molecule has 3 saturated carbocycles. The fourth-order valence-corrected chi connectivity index (χ4v) is 6.92. The molecule has 0 spiro atoms. The first-order chi connectivity index (χ1) is 13.7. The van der Waals surface area contributed by atoms with Crippen LogP contribution in [0, 0.1) is 40.9 Å². The summed E-state index contributed by atoms with van der Waals surface area (Å²) in [7, 11) is 0. The third-order valence-electron chi connectivity index (χ3n) is 9.49. The fourth-order valence-electron chi connectivity index (χ4n) is 6.92. The van der Waals surface area contributed by atoms with Crippen LogP contribution in [-0.2, 0) is 0 Å². The van der Waals surface area contributed by atoms with Gasteiger partial charge in [0.2, 0.25) is 0 Å². The topological polar surface area (TPSA) is 20.2 Å². The average Bonchev–Trinajstić information content (AvgIpc) is 3.04. The van der Waals surface area contributed by atoms with Gasteiger partial charge in [-0.1, -0.05) is 77.7 Å². The molecule has 166 valence electrons. The molecule has 3 fully saturated rings. The van der Waals surface area contributed by atoms with Gasteiger partial charge in [0, 0.05) is 0 Å². The molecule has 1 nitrogen and oxygen atoms in total. The Bertz CT molecular complexity index is 599. The largest absolute Gasteiger partial charge is 0.393 e. The van der Waals surface area contributed by atoms with E-state index in [1.54, 1.807) is 5.57 Å². The average molecular weight is 401 g/mol. The summed E-state index contributed by atoms with van der Waals surface area (Å²) < 4.78 is 0.